The van der Waals surface area contributed by atoms with Crippen LogP contribution in [0.1, 0.15) is 50.6 Å². The Morgan fingerprint density at radius 2 is 1.90 bits per heavy atom. The summed E-state index contributed by atoms with van der Waals surface area (Å²) in [5.74, 6) is 0.907. The molecule has 1 N–H and O–H groups in total. The lowest BCUT2D eigenvalue weighted by Gasteiger charge is -2.23. The van der Waals surface area contributed by atoms with E-state index < -0.39 is 14.8 Å². The van der Waals surface area contributed by atoms with Crippen molar-refractivity contribution >= 4 is 10.0 Å². The molecule has 0 saturated heterocycles. The van der Waals surface area contributed by atoms with Gasteiger partial charge in [-0.2, -0.15) is 0 Å². The van der Waals surface area contributed by atoms with Gasteiger partial charge in [-0.1, -0.05) is 19.0 Å². The van der Waals surface area contributed by atoms with Gasteiger partial charge in [0.05, 0.1) is 10.4 Å². The number of aryl methyl sites for hydroxylation is 2. The molecule has 0 bridgehead atoms. The molecular formula is C14H24N2O3S. The molecule has 0 unspecified atom stereocenters. The topological polar surface area (TPSA) is 72.2 Å². The highest BCUT2D eigenvalue weighted by atomic mass is 32.2. The number of sulfonamides is 1. The molecule has 1 heterocycles. The Kier molecular flexibility index (Phi) is 3.99. The maximum Gasteiger partial charge on any atom is 0.217 e. The summed E-state index contributed by atoms with van der Waals surface area (Å²) in [5, 5.41) is 3.90. The van der Waals surface area contributed by atoms with E-state index in [1.165, 1.54) is 0 Å². The number of aromatic nitrogens is 1. The first-order valence-electron chi connectivity index (χ1n) is 7.13. The fourth-order valence-corrected chi connectivity index (χ4v) is 4.91. The van der Waals surface area contributed by atoms with Crippen molar-refractivity contribution in [3.05, 3.63) is 17.0 Å². The molecule has 0 radical (unpaired) electrons. The number of hydrogen-bond donors (Lipinski definition) is 1. The molecule has 1 aliphatic carbocycles. The van der Waals surface area contributed by atoms with E-state index in [0.29, 0.717) is 6.42 Å². The van der Waals surface area contributed by atoms with E-state index >= 15 is 0 Å². The molecule has 0 amide bonds. The smallest absolute Gasteiger partial charge is 0.217 e. The Bertz CT molecular complexity index is 566. The van der Waals surface area contributed by atoms with Gasteiger partial charge in [0.25, 0.3) is 0 Å². The van der Waals surface area contributed by atoms with E-state index in [9.17, 15) is 8.42 Å². The zero-order valence-corrected chi connectivity index (χ0v) is 13.7. The molecule has 1 saturated carbocycles. The first kappa shape index (κ1) is 15.5. The normalized spacial score (nSPS) is 19.3. The maximum atomic E-state index is 12.5. The number of rotatable bonds is 6. The van der Waals surface area contributed by atoms with Gasteiger partial charge in [-0.05, 0) is 46.0 Å². The first-order valence-corrected chi connectivity index (χ1v) is 8.61. The van der Waals surface area contributed by atoms with Crippen molar-refractivity contribution in [3.8, 4) is 0 Å². The van der Waals surface area contributed by atoms with Crippen molar-refractivity contribution in [2.75, 3.05) is 0 Å². The molecule has 0 spiro atoms. The summed E-state index contributed by atoms with van der Waals surface area (Å²) in [6, 6.07) is -0.159. The van der Waals surface area contributed by atoms with E-state index in [2.05, 4.69) is 9.88 Å². The van der Waals surface area contributed by atoms with E-state index in [1.807, 2.05) is 34.6 Å². The molecule has 0 aliphatic heterocycles. The van der Waals surface area contributed by atoms with Crippen molar-refractivity contribution in [2.45, 2.75) is 64.7 Å². The van der Waals surface area contributed by atoms with Crippen molar-refractivity contribution in [1.82, 2.24) is 9.88 Å². The molecule has 1 aromatic rings. The monoisotopic (exact) mass is 300 g/mol. The summed E-state index contributed by atoms with van der Waals surface area (Å²) in [5.41, 5.74) is 1.83. The van der Waals surface area contributed by atoms with Crippen LogP contribution in [0.15, 0.2) is 4.52 Å². The highest BCUT2D eigenvalue weighted by molar-refractivity contribution is 7.91. The molecule has 5 nitrogen and oxygen atoms in total. The average molecular weight is 300 g/mol. The van der Waals surface area contributed by atoms with Crippen LogP contribution in [0.5, 0.6) is 0 Å². The second kappa shape index (κ2) is 5.15. The van der Waals surface area contributed by atoms with Gasteiger partial charge in [0.2, 0.25) is 10.0 Å². The second-order valence-electron chi connectivity index (χ2n) is 6.25. The van der Waals surface area contributed by atoms with Crippen LogP contribution in [0.3, 0.4) is 0 Å². The lowest BCUT2D eigenvalue weighted by Crippen LogP contribution is -2.44. The SMILES string of the molecule is Cc1noc(C)c1C[C@@H](C)NS(=O)(=O)C1(C(C)C)CC1. The van der Waals surface area contributed by atoms with Gasteiger partial charge in [-0.15, -0.1) is 0 Å². The molecule has 1 aromatic heterocycles. The third-order valence-electron chi connectivity index (χ3n) is 4.38. The zero-order valence-electron chi connectivity index (χ0n) is 12.9. The fourth-order valence-electron chi connectivity index (χ4n) is 2.80. The summed E-state index contributed by atoms with van der Waals surface area (Å²) in [7, 11) is -3.28. The van der Waals surface area contributed by atoms with Gasteiger partial charge >= 0.3 is 0 Å². The molecule has 20 heavy (non-hydrogen) atoms. The summed E-state index contributed by atoms with van der Waals surface area (Å²) in [6.45, 7) is 9.58. The van der Waals surface area contributed by atoms with E-state index in [4.69, 9.17) is 4.52 Å². The van der Waals surface area contributed by atoms with Crippen LogP contribution in [-0.4, -0.2) is 24.4 Å². The van der Waals surface area contributed by atoms with E-state index in [-0.39, 0.29) is 12.0 Å². The molecular weight excluding hydrogens is 276 g/mol. The largest absolute Gasteiger partial charge is 0.361 e. The van der Waals surface area contributed by atoms with Crippen LogP contribution in [0.2, 0.25) is 0 Å². The van der Waals surface area contributed by atoms with Crippen LogP contribution >= 0.6 is 0 Å². The van der Waals surface area contributed by atoms with Crippen molar-refractivity contribution in [3.63, 3.8) is 0 Å². The van der Waals surface area contributed by atoms with Gasteiger partial charge in [-0.3, -0.25) is 0 Å². The Hall–Kier alpha value is -0.880. The minimum absolute atomic E-state index is 0.145. The third-order valence-corrected chi connectivity index (χ3v) is 7.04. The van der Waals surface area contributed by atoms with E-state index in [0.717, 1.165) is 29.9 Å². The van der Waals surface area contributed by atoms with Gasteiger partial charge in [0.15, 0.2) is 0 Å². The van der Waals surface area contributed by atoms with Crippen LogP contribution in [0.25, 0.3) is 0 Å². The highest BCUT2D eigenvalue weighted by Crippen LogP contribution is 2.49. The fraction of sp³-hybridized carbons (Fsp3) is 0.786. The minimum Gasteiger partial charge on any atom is -0.361 e. The number of hydrogen-bond acceptors (Lipinski definition) is 4. The van der Waals surface area contributed by atoms with Gasteiger partial charge in [-0.25, -0.2) is 13.1 Å². The van der Waals surface area contributed by atoms with Crippen molar-refractivity contribution in [1.29, 1.82) is 0 Å². The van der Waals surface area contributed by atoms with Crippen molar-refractivity contribution in [2.24, 2.45) is 5.92 Å². The molecule has 2 rings (SSSR count). The quantitative estimate of drug-likeness (QED) is 0.875. The van der Waals surface area contributed by atoms with Gasteiger partial charge < -0.3 is 4.52 Å². The summed E-state index contributed by atoms with van der Waals surface area (Å²) in [6.07, 6.45) is 2.13. The molecule has 1 aliphatic rings. The van der Waals surface area contributed by atoms with Gasteiger partial charge in [0.1, 0.15) is 5.76 Å². The predicted molar refractivity (Wildman–Crippen MR) is 78.0 cm³/mol. The lowest BCUT2D eigenvalue weighted by molar-refractivity contribution is 0.391. The molecule has 114 valence electrons. The van der Waals surface area contributed by atoms with Crippen LogP contribution < -0.4 is 4.72 Å². The second-order valence-corrected chi connectivity index (χ2v) is 8.30. The first-order chi connectivity index (χ1) is 9.19. The molecule has 6 heteroatoms. The summed E-state index contributed by atoms with van der Waals surface area (Å²) < 4.78 is 32.4. The van der Waals surface area contributed by atoms with E-state index in [1.54, 1.807) is 0 Å². The summed E-state index contributed by atoms with van der Waals surface area (Å²) in [4.78, 5) is 0. The highest BCUT2D eigenvalue weighted by Gasteiger charge is 2.56. The van der Waals surface area contributed by atoms with Crippen LogP contribution in [0.4, 0.5) is 0 Å². The minimum atomic E-state index is -3.28. The van der Waals surface area contributed by atoms with Gasteiger partial charge in [0, 0.05) is 11.6 Å². The Morgan fingerprint density at radius 3 is 2.30 bits per heavy atom. The molecule has 0 aromatic carbocycles. The van der Waals surface area contributed by atoms with Crippen molar-refractivity contribution < 1.29 is 12.9 Å². The molecule has 1 atom stereocenters. The Labute approximate surface area is 121 Å². The Morgan fingerprint density at radius 1 is 1.30 bits per heavy atom. The maximum absolute atomic E-state index is 12.5. The Balaban J connectivity index is 2.07. The number of nitrogens with zero attached hydrogens (tertiary/aromatic N) is 1. The third kappa shape index (κ3) is 2.63. The van der Waals surface area contributed by atoms with Crippen LogP contribution in [-0.2, 0) is 16.4 Å². The zero-order chi connectivity index (χ0) is 15.1. The lowest BCUT2D eigenvalue weighted by atomic mass is 10.1. The number of nitrogens with one attached hydrogen (secondary N) is 1. The van der Waals surface area contributed by atoms with Crippen LogP contribution in [0, 0.1) is 19.8 Å². The average Bonchev–Trinajstić information content (AvgIpc) is 3.08. The predicted octanol–water partition coefficient (Wildman–Crippen LogP) is 2.33. The summed E-state index contributed by atoms with van der Waals surface area (Å²) >= 11 is 0. The molecule has 1 fully saturated rings. The standard InChI is InChI=1S/C14H24N2O3S/c1-9(2)14(6-7-14)20(17,18)16-10(3)8-13-11(4)15-19-12(13)5/h9-10,16H,6-8H2,1-5H3/t10-/m1/s1.